The lowest BCUT2D eigenvalue weighted by atomic mass is 9.63. The quantitative estimate of drug-likeness (QED) is 0.929. The van der Waals surface area contributed by atoms with E-state index in [0.29, 0.717) is 19.4 Å². The van der Waals surface area contributed by atoms with Crippen molar-refractivity contribution in [3.63, 3.8) is 0 Å². The molecule has 1 aliphatic carbocycles. The van der Waals surface area contributed by atoms with Gasteiger partial charge < -0.3 is 9.84 Å². The van der Waals surface area contributed by atoms with Crippen LogP contribution in [0.2, 0.25) is 0 Å². The Morgan fingerprint density at radius 3 is 2.71 bits per heavy atom. The van der Waals surface area contributed by atoms with E-state index in [2.05, 4.69) is 15.9 Å². The Balaban J connectivity index is 2.52. The van der Waals surface area contributed by atoms with Crippen molar-refractivity contribution in [3.8, 4) is 0 Å². The minimum absolute atomic E-state index is 0.448. The molecule has 0 atom stereocenters. The van der Waals surface area contributed by atoms with Crippen LogP contribution in [0.4, 0.5) is 0 Å². The highest BCUT2D eigenvalue weighted by Crippen LogP contribution is 2.48. The molecule has 92 valence electrons. The van der Waals surface area contributed by atoms with E-state index >= 15 is 0 Å². The van der Waals surface area contributed by atoms with Gasteiger partial charge in [0.25, 0.3) is 0 Å². The number of aliphatic carboxylic acids is 1. The van der Waals surface area contributed by atoms with Crippen molar-refractivity contribution in [2.75, 3.05) is 7.11 Å². The summed E-state index contributed by atoms with van der Waals surface area (Å²) in [6.07, 6.45) is 2.39. The first kappa shape index (κ1) is 12.6. The molecule has 0 bridgehead atoms. The second kappa shape index (κ2) is 4.78. The van der Waals surface area contributed by atoms with E-state index < -0.39 is 11.4 Å². The van der Waals surface area contributed by atoms with E-state index in [1.165, 1.54) is 0 Å². The zero-order valence-corrected chi connectivity index (χ0v) is 11.3. The van der Waals surface area contributed by atoms with Crippen LogP contribution >= 0.6 is 15.9 Å². The van der Waals surface area contributed by atoms with Gasteiger partial charge >= 0.3 is 5.97 Å². The summed E-state index contributed by atoms with van der Waals surface area (Å²) < 4.78 is 6.02. The molecule has 0 radical (unpaired) electrons. The first-order valence-electron chi connectivity index (χ1n) is 5.62. The molecular weight excluding hydrogens is 284 g/mol. The molecule has 2 rings (SSSR count). The van der Waals surface area contributed by atoms with Crippen LogP contribution in [-0.2, 0) is 21.6 Å². The molecule has 1 aliphatic rings. The highest BCUT2D eigenvalue weighted by molar-refractivity contribution is 9.10. The van der Waals surface area contributed by atoms with Crippen molar-refractivity contribution >= 4 is 21.9 Å². The second-order valence-corrected chi connectivity index (χ2v) is 5.30. The summed E-state index contributed by atoms with van der Waals surface area (Å²) in [6, 6.07) is 5.75. The van der Waals surface area contributed by atoms with Crippen molar-refractivity contribution in [3.05, 3.63) is 33.8 Å². The number of methoxy groups -OCH3 is 1. The molecule has 0 aliphatic heterocycles. The minimum atomic E-state index is -0.729. The van der Waals surface area contributed by atoms with Gasteiger partial charge in [-0.05, 0) is 30.0 Å². The van der Waals surface area contributed by atoms with Crippen molar-refractivity contribution in [1.29, 1.82) is 0 Å². The Morgan fingerprint density at radius 2 is 2.24 bits per heavy atom. The Labute approximate surface area is 109 Å². The van der Waals surface area contributed by atoms with Crippen molar-refractivity contribution in [2.45, 2.75) is 31.3 Å². The molecule has 1 N–H and O–H groups in total. The third-order valence-corrected chi connectivity index (χ3v) is 4.16. The van der Waals surface area contributed by atoms with E-state index in [9.17, 15) is 9.90 Å². The smallest absolute Gasteiger partial charge is 0.314 e. The molecule has 1 saturated carbocycles. The van der Waals surface area contributed by atoms with Gasteiger partial charge in [0, 0.05) is 11.6 Å². The molecule has 17 heavy (non-hydrogen) atoms. The molecule has 1 fully saturated rings. The fraction of sp³-hybridized carbons (Fsp3) is 0.462. The average Bonchev–Trinajstić information content (AvgIpc) is 2.20. The molecule has 1 aromatic carbocycles. The van der Waals surface area contributed by atoms with Crippen LogP contribution in [0.15, 0.2) is 22.7 Å². The van der Waals surface area contributed by atoms with E-state index in [4.69, 9.17) is 4.74 Å². The summed E-state index contributed by atoms with van der Waals surface area (Å²) in [6.45, 7) is 0.448. The van der Waals surface area contributed by atoms with Gasteiger partial charge in [-0.25, -0.2) is 0 Å². The summed E-state index contributed by atoms with van der Waals surface area (Å²) in [5.74, 6) is -0.729. The zero-order chi connectivity index (χ0) is 12.5. The van der Waals surface area contributed by atoms with Crippen molar-refractivity contribution in [2.24, 2.45) is 0 Å². The molecule has 0 saturated heterocycles. The van der Waals surface area contributed by atoms with E-state index in [0.717, 1.165) is 22.0 Å². The summed E-state index contributed by atoms with van der Waals surface area (Å²) >= 11 is 3.48. The normalized spacial score (nSPS) is 17.5. The lowest BCUT2D eigenvalue weighted by Crippen LogP contribution is -2.43. The fourth-order valence-corrected chi connectivity index (χ4v) is 3.27. The third-order valence-electron chi connectivity index (χ3n) is 3.49. The lowest BCUT2D eigenvalue weighted by Gasteiger charge is -2.40. The number of carboxylic acid groups (broad SMARTS) is 1. The summed E-state index contributed by atoms with van der Waals surface area (Å²) in [5, 5.41) is 9.49. The van der Waals surface area contributed by atoms with E-state index in [-0.39, 0.29) is 0 Å². The Bertz CT molecular complexity index is 438. The molecule has 0 amide bonds. The van der Waals surface area contributed by atoms with E-state index in [1.54, 1.807) is 7.11 Å². The second-order valence-electron chi connectivity index (χ2n) is 4.45. The number of rotatable bonds is 4. The Hall–Kier alpha value is -0.870. The van der Waals surface area contributed by atoms with Crippen LogP contribution in [0.5, 0.6) is 0 Å². The SMILES string of the molecule is COCc1cccc(Br)c1C1(C(=O)O)CCC1. The Morgan fingerprint density at radius 1 is 1.53 bits per heavy atom. The third kappa shape index (κ3) is 2.00. The fourth-order valence-electron chi connectivity index (χ4n) is 2.48. The maximum absolute atomic E-state index is 11.6. The highest BCUT2D eigenvalue weighted by Gasteiger charge is 2.48. The molecule has 4 heteroatoms. The average molecular weight is 299 g/mol. The Kier molecular flexibility index (Phi) is 3.54. The van der Waals surface area contributed by atoms with Crippen LogP contribution in [0.3, 0.4) is 0 Å². The van der Waals surface area contributed by atoms with Crippen LogP contribution < -0.4 is 0 Å². The first-order chi connectivity index (χ1) is 8.12. The minimum Gasteiger partial charge on any atom is -0.481 e. The van der Waals surface area contributed by atoms with E-state index in [1.807, 2.05) is 18.2 Å². The van der Waals surface area contributed by atoms with Crippen LogP contribution in [0.25, 0.3) is 0 Å². The van der Waals surface area contributed by atoms with Crippen LogP contribution in [0.1, 0.15) is 30.4 Å². The number of halogens is 1. The summed E-state index contributed by atoms with van der Waals surface area (Å²) in [7, 11) is 1.62. The maximum Gasteiger partial charge on any atom is 0.314 e. The number of hydrogen-bond donors (Lipinski definition) is 1. The largest absolute Gasteiger partial charge is 0.481 e. The highest BCUT2D eigenvalue weighted by atomic mass is 79.9. The number of carbonyl (C=O) groups is 1. The van der Waals surface area contributed by atoms with Crippen molar-refractivity contribution in [1.82, 2.24) is 0 Å². The lowest BCUT2D eigenvalue weighted by molar-refractivity contribution is -0.147. The van der Waals surface area contributed by atoms with Gasteiger partial charge in [-0.2, -0.15) is 0 Å². The molecule has 1 aromatic rings. The summed E-state index contributed by atoms with van der Waals surface area (Å²) in [5.41, 5.74) is 1.14. The monoisotopic (exact) mass is 298 g/mol. The standard InChI is InChI=1S/C13H15BrO3/c1-17-8-9-4-2-5-10(14)11(9)13(12(15)16)6-3-7-13/h2,4-5H,3,6-8H2,1H3,(H,15,16). The number of carboxylic acids is 1. The topological polar surface area (TPSA) is 46.5 Å². The number of benzene rings is 1. The van der Waals surface area contributed by atoms with Gasteiger partial charge in [-0.15, -0.1) is 0 Å². The number of ether oxygens (including phenoxy) is 1. The molecule has 0 spiro atoms. The van der Waals surface area contributed by atoms with Gasteiger partial charge in [-0.3, -0.25) is 4.79 Å². The predicted octanol–water partition coefficient (Wildman–Crippen LogP) is 3.10. The number of hydrogen-bond acceptors (Lipinski definition) is 2. The van der Waals surface area contributed by atoms with Gasteiger partial charge in [0.05, 0.1) is 12.0 Å². The van der Waals surface area contributed by atoms with Gasteiger partial charge in [0.2, 0.25) is 0 Å². The molecule has 0 unspecified atom stereocenters. The zero-order valence-electron chi connectivity index (χ0n) is 9.70. The van der Waals surface area contributed by atoms with Crippen LogP contribution in [0, 0.1) is 0 Å². The van der Waals surface area contributed by atoms with Gasteiger partial charge in [-0.1, -0.05) is 34.5 Å². The van der Waals surface area contributed by atoms with Crippen molar-refractivity contribution < 1.29 is 14.6 Å². The van der Waals surface area contributed by atoms with Gasteiger partial charge in [0.15, 0.2) is 0 Å². The maximum atomic E-state index is 11.6. The molecule has 0 heterocycles. The van der Waals surface area contributed by atoms with Gasteiger partial charge in [0.1, 0.15) is 0 Å². The predicted molar refractivity (Wildman–Crippen MR) is 68.0 cm³/mol. The molecule has 0 aromatic heterocycles. The molecule has 3 nitrogen and oxygen atoms in total. The first-order valence-corrected chi connectivity index (χ1v) is 6.41. The van der Waals surface area contributed by atoms with Crippen LogP contribution in [-0.4, -0.2) is 18.2 Å². The summed E-state index contributed by atoms with van der Waals surface area (Å²) in [4.78, 5) is 11.6. The molecular formula is C13H15BrO3.